The molecule has 0 aromatic heterocycles. The molecular formula is C14H18BrNO3. The summed E-state index contributed by atoms with van der Waals surface area (Å²) in [5, 5.41) is 10.1. The molecule has 1 aromatic rings. The topological polar surface area (TPSA) is 49.8 Å². The minimum absolute atomic E-state index is 0.199. The standard InChI is InChI=1S/C14H18BrNO3/c1-14(2,3)19-13(18)16-8-10(15)12(17)9-6-4-5-7-11(9)16/h4-7,10,12,17H,8H2,1-3H3. The molecule has 0 saturated heterocycles. The summed E-state index contributed by atoms with van der Waals surface area (Å²) < 4.78 is 5.40. The first kappa shape index (κ1) is 14.3. The third-order valence-electron chi connectivity index (χ3n) is 2.86. The molecule has 2 atom stereocenters. The molecule has 0 saturated carbocycles. The van der Waals surface area contributed by atoms with Gasteiger partial charge < -0.3 is 9.84 Å². The highest BCUT2D eigenvalue weighted by Crippen LogP contribution is 2.37. The number of alkyl halides is 1. The Bertz CT molecular complexity index is 484. The molecule has 2 unspecified atom stereocenters. The summed E-state index contributed by atoms with van der Waals surface area (Å²) >= 11 is 3.41. The number of carbonyl (C=O) groups is 1. The molecule has 1 heterocycles. The van der Waals surface area contributed by atoms with Crippen LogP contribution in [0.25, 0.3) is 0 Å². The van der Waals surface area contributed by atoms with Crippen molar-refractivity contribution in [3.63, 3.8) is 0 Å². The van der Waals surface area contributed by atoms with Crippen LogP contribution in [-0.4, -0.2) is 28.2 Å². The zero-order chi connectivity index (χ0) is 14.2. The van der Waals surface area contributed by atoms with Gasteiger partial charge in [0.05, 0.1) is 16.6 Å². The van der Waals surface area contributed by atoms with E-state index in [-0.39, 0.29) is 4.83 Å². The fourth-order valence-electron chi connectivity index (χ4n) is 2.04. The number of ether oxygens (including phenoxy) is 1. The van der Waals surface area contributed by atoms with E-state index in [4.69, 9.17) is 4.74 Å². The molecule has 0 radical (unpaired) electrons. The van der Waals surface area contributed by atoms with Crippen molar-refractivity contribution in [2.24, 2.45) is 0 Å². The van der Waals surface area contributed by atoms with Crippen LogP contribution in [-0.2, 0) is 4.74 Å². The molecule has 5 heteroatoms. The van der Waals surface area contributed by atoms with Crippen LogP contribution in [0.4, 0.5) is 10.5 Å². The average Bonchev–Trinajstić information content (AvgIpc) is 2.31. The van der Waals surface area contributed by atoms with Crippen molar-refractivity contribution in [1.29, 1.82) is 0 Å². The maximum atomic E-state index is 12.2. The van der Waals surface area contributed by atoms with Crippen LogP contribution in [0.2, 0.25) is 0 Å². The largest absolute Gasteiger partial charge is 0.443 e. The van der Waals surface area contributed by atoms with Gasteiger partial charge in [0.25, 0.3) is 0 Å². The molecule has 1 aliphatic rings. The maximum absolute atomic E-state index is 12.2. The molecule has 0 fully saturated rings. The molecule has 1 aromatic carbocycles. The fourth-order valence-corrected chi connectivity index (χ4v) is 2.62. The van der Waals surface area contributed by atoms with Crippen molar-refractivity contribution in [3.8, 4) is 0 Å². The van der Waals surface area contributed by atoms with E-state index in [1.807, 2.05) is 45.0 Å². The SMILES string of the molecule is CC(C)(C)OC(=O)N1CC(Br)C(O)c2ccccc21. The van der Waals surface area contributed by atoms with Crippen molar-refractivity contribution in [3.05, 3.63) is 29.8 Å². The number of fused-ring (bicyclic) bond motifs is 1. The summed E-state index contributed by atoms with van der Waals surface area (Å²) in [6.45, 7) is 5.89. The number of carbonyl (C=O) groups excluding carboxylic acids is 1. The Labute approximate surface area is 121 Å². The van der Waals surface area contributed by atoms with Crippen LogP contribution < -0.4 is 4.90 Å². The van der Waals surface area contributed by atoms with Crippen LogP contribution in [0.3, 0.4) is 0 Å². The van der Waals surface area contributed by atoms with E-state index in [0.717, 1.165) is 5.56 Å². The van der Waals surface area contributed by atoms with Crippen LogP contribution in [0.15, 0.2) is 24.3 Å². The van der Waals surface area contributed by atoms with E-state index < -0.39 is 17.8 Å². The molecule has 4 nitrogen and oxygen atoms in total. The Kier molecular flexibility index (Phi) is 3.87. The summed E-state index contributed by atoms with van der Waals surface area (Å²) in [6.07, 6.45) is -1.01. The number of rotatable bonds is 0. The predicted octanol–water partition coefficient (Wildman–Crippen LogP) is 3.24. The van der Waals surface area contributed by atoms with Crippen molar-refractivity contribution < 1.29 is 14.6 Å². The number of hydrogen-bond donors (Lipinski definition) is 1. The Morgan fingerprint density at radius 2 is 2.05 bits per heavy atom. The Balaban J connectivity index is 2.32. The number of anilines is 1. The second kappa shape index (κ2) is 5.13. The van der Waals surface area contributed by atoms with Gasteiger partial charge in [0.1, 0.15) is 5.60 Å². The number of benzene rings is 1. The summed E-state index contributed by atoms with van der Waals surface area (Å²) in [5.41, 5.74) is 0.908. The summed E-state index contributed by atoms with van der Waals surface area (Å²) in [4.78, 5) is 13.6. The van der Waals surface area contributed by atoms with Crippen molar-refractivity contribution >= 4 is 27.7 Å². The Hall–Kier alpha value is -1.07. The van der Waals surface area contributed by atoms with E-state index in [0.29, 0.717) is 12.2 Å². The molecule has 19 heavy (non-hydrogen) atoms. The second-order valence-corrected chi connectivity index (χ2v) is 6.79. The fraction of sp³-hybridized carbons (Fsp3) is 0.500. The minimum Gasteiger partial charge on any atom is -0.443 e. The number of nitrogens with zero attached hydrogens (tertiary/aromatic N) is 1. The number of halogens is 1. The van der Waals surface area contributed by atoms with E-state index >= 15 is 0 Å². The number of para-hydroxylation sites is 1. The Morgan fingerprint density at radius 1 is 1.42 bits per heavy atom. The van der Waals surface area contributed by atoms with Gasteiger partial charge in [0.2, 0.25) is 0 Å². The monoisotopic (exact) mass is 327 g/mol. The summed E-state index contributed by atoms with van der Waals surface area (Å²) in [7, 11) is 0. The first-order chi connectivity index (χ1) is 8.79. The van der Waals surface area contributed by atoms with E-state index in [9.17, 15) is 9.90 Å². The van der Waals surface area contributed by atoms with Crippen molar-refractivity contribution in [1.82, 2.24) is 0 Å². The highest BCUT2D eigenvalue weighted by Gasteiger charge is 2.35. The van der Waals surface area contributed by atoms with Gasteiger partial charge in [-0.3, -0.25) is 4.90 Å². The van der Waals surface area contributed by atoms with Gasteiger partial charge in [-0.05, 0) is 26.8 Å². The minimum atomic E-state index is -0.616. The predicted molar refractivity (Wildman–Crippen MR) is 77.7 cm³/mol. The van der Waals surface area contributed by atoms with Gasteiger partial charge in [0, 0.05) is 12.1 Å². The van der Waals surface area contributed by atoms with Gasteiger partial charge in [-0.25, -0.2) is 4.79 Å². The van der Waals surface area contributed by atoms with Crippen molar-refractivity contribution in [2.45, 2.75) is 37.3 Å². The van der Waals surface area contributed by atoms with Gasteiger partial charge >= 0.3 is 6.09 Å². The van der Waals surface area contributed by atoms with Crippen molar-refractivity contribution in [2.75, 3.05) is 11.4 Å². The Morgan fingerprint density at radius 3 is 2.68 bits per heavy atom. The molecular weight excluding hydrogens is 310 g/mol. The third-order valence-corrected chi connectivity index (χ3v) is 3.65. The zero-order valence-corrected chi connectivity index (χ0v) is 12.8. The smallest absolute Gasteiger partial charge is 0.414 e. The van der Waals surface area contributed by atoms with Crippen LogP contribution >= 0.6 is 15.9 Å². The van der Waals surface area contributed by atoms with E-state index in [2.05, 4.69) is 15.9 Å². The first-order valence-electron chi connectivity index (χ1n) is 6.21. The van der Waals surface area contributed by atoms with Gasteiger partial charge in [-0.2, -0.15) is 0 Å². The average molecular weight is 328 g/mol. The third kappa shape index (κ3) is 3.09. The maximum Gasteiger partial charge on any atom is 0.414 e. The van der Waals surface area contributed by atoms with Crippen LogP contribution in [0.1, 0.15) is 32.4 Å². The van der Waals surface area contributed by atoms with Gasteiger partial charge in [-0.1, -0.05) is 34.1 Å². The van der Waals surface area contributed by atoms with Gasteiger partial charge in [0.15, 0.2) is 0 Å². The molecule has 1 amide bonds. The van der Waals surface area contributed by atoms with Crippen LogP contribution in [0.5, 0.6) is 0 Å². The highest BCUT2D eigenvalue weighted by molar-refractivity contribution is 9.09. The van der Waals surface area contributed by atoms with Crippen LogP contribution in [0, 0.1) is 0 Å². The lowest BCUT2D eigenvalue weighted by molar-refractivity contribution is 0.0568. The molecule has 2 rings (SSSR count). The summed E-state index contributed by atoms with van der Waals surface area (Å²) in [6, 6.07) is 7.34. The first-order valence-corrected chi connectivity index (χ1v) is 7.13. The lowest BCUT2D eigenvalue weighted by atomic mass is 9.99. The molecule has 1 N–H and O–H groups in total. The molecule has 0 aliphatic carbocycles. The van der Waals surface area contributed by atoms with E-state index in [1.54, 1.807) is 4.90 Å². The molecule has 1 aliphatic heterocycles. The quantitative estimate of drug-likeness (QED) is 0.744. The summed E-state index contributed by atoms with van der Waals surface area (Å²) in [5.74, 6) is 0. The molecule has 0 spiro atoms. The number of aliphatic hydroxyl groups is 1. The van der Waals surface area contributed by atoms with E-state index in [1.165, 1.54) is 0 Å². The lowest BCUT2D eigenvalue weighted by Crippen LogP contribution is -2.44. The normalized spacial score (nSPS) is 22.9. The van der Waals surface area contributed by atoms with Gasteiger partial charge in [-0.15, -0.1) is 0 Å². The molecule has 104 valence electrons. The number of hydrogen-bond acceptors (Lipinski definition) is 3. The highest BCUT2D eigenvalue weighted by atomic mass is 79.9. The number of amides is 1. The number of aliphatic hydroxyl groups excluding tert-OH is 1. The second-order valence-electron chi connectivity index (χ2n) is 5.61. The zero-order valence-electron chi connectivity index (χ0n) is 11.3. The molecule has 0 bridgehead atoms. The lowest BCUT2D eigenvalue weighted by Gasteiger charge is -2.36.